The first-order valence-corrected chi connectivity index (χ1v) is 11.3. The zero-order valence-corrected chi connectivity index (χ0v) is 18.5. The van der Waals surface area contributed by atoms with Crippen molar-refractivity contribution in [2.45, 2.75) is 51.1 Å². The largest absolute Gasteiger partial charge is 0.497 e. The van der Waals surface area contributed by atoms with Gasteiger partial charge in [-0.2, -0.15) is 0 Å². The molecule has 0 radical (unpaired) electrons. The Morgan fingerprint density at radius 3 is 2.52 bits per heavy atom. The van der Waals surface area contributed by atoms with Crippen LogP contribution < -0.4 is 15.4 Å². The van der Waals surface area contributed by atoms with Crippen molar-refractivity contribution in [1.82, 2.24) is 15.2 Å². The molecule has 31 heavy (non-hydrogen) atoms. The molecule has 3 amide bonds. The highest BCUT2D eigenvalue weighted by Crippen LogP contribution is 2.24. The zero-order valence-electron chi connectivity index (χ0n) is 17.6. The van der Waals surface area contributed by atoms with Gasteiger partial charge in [0.1, 0.15) is 5.75 Å². The maximum absolute atomic E-state index is 12.9. The van der Waals surface area contributed by atoms with Crippen LogP contribution >= 0.6 is 11.3 Å². The quantitative estimate of drug-likeness (QED) is 0.587. The van der Waals surface area contributed by atoms with Crippen molar-refractivity contribution in [2.24, 2.45) is 0 Å². The lowest BCUT2D eigenvalue weighted by atomic mass is 10.1. The van der Waals surface area contributed by atoms with Crippen molar-refractivity contribution in [1.29, 1.82) is 0 Å². The molecule has 2 N–H and O–H groups in total. The van der Waals surface area contributed by atoms with E-state index in [1.807, 2.05) is 24.3 Å². The molecule has 1 aliphatic carbocycles. The second kappa shape index (κ2) is 11.5. The van der Waals surface area contributed by atoms with Crippen LogP contribution in [0.1, 0.15) is 44.1 Å². The molecule has 166 valence electrons. The minimum Gasteiger partial charge on any atom is -0.497 e. The van der Waals surface area contributed by atoms with E-state index in [0.29, 0.717) is 11.7 Å². The third-order valence-electron chi connectivity index (χ3n) is 5.29. The van der Waals surface area contributed by atoms with Crippen molar-refractivity contribution in [3.05, 3.63) is 41.4 Å². The van der Waals surface area contributed by atoms with Crippen LogP contribution in [0.2, 0.25) is 0 Å². The molecule has 0 aliphatic heterocycles. The average molecular weight is 445 g/mol. The van der Waals surface area contributed by atoms with E-state index in [1.165, 1.54) is 11.3 Å². The molecule has 1 aromatic carbocycles. The highest BCUT2D eigenvalue weighted by Gasteiger charge is 2.28. The molecule has 9 heteroatoms. The topological polar surface area (TPSA) is 101 Å². The highest BCUT2D eigenvalue weighted by atomic mass is 32.1. The van der Waals surface area contributed by atoms with E-state index in [1.54, 1.807) is 23.6 Å². The number of nitrogens with zero attached hydrogens (tertiary/aromatic N) is 2. The monoisotopic (exact) mass is 444 g/mol. The Kier molecular flexibility index (Phi) is 8.40. The minimum atomic E-state index is -0.251. The van der Waals surface area contributed by atoms with Gasteiger partial charge in [-0.15, -0.1) is 11.3 Å². The van der Waals surface area contributed by atoms with Gasteiger partial charge < -0.3 is 20.3 Å². The van der Waals surface area contributed by atoms with Crippen LogP contribution in [0.3, 0.4) is 0 Å². The van der Waals surface area contributed by atoms with Crippen molar-refractivity contribution in [2.75, 3.05) is 19.0 Å². The fourth-order valence-electron chi connectivity index (χ4n) is 3.62. The van der Waals surface area contributed by atoms with Gasteiger partial charge in [0.15, 0.2) is 5.13 Å². The maximum atomic E-state index is 12.9. The summed E-state index contributed by atoms with van der Waals surface area (Å²) < 4.78 is 5.14. The number of thiazole rings is 1. The fraction of sp³-hybridized carbons (Fsp3) is 0.455. The van der Waals surface area contributed by atoms with E-state index in [2.05, 4.69) is 15.6 Å². The molecule has 1 saturated carbocycles. The first kappa shape index (κ1) is 22.7. The smallest absolute Gasteiger partial charge is 0.239 e. The molecule has 2 aromatic rings. The molecule has 3 rings (SSSR count). The van der Waals surface area contributed by atoms with Crippen LogP contribution in [0, 0.1) is 0 Å². The van der Waals surface area contributed by atoms with E-state index >= 15 is 0 Å². The van der Waals surface area contributed by atoms with Gasteiger partial charge in [0.05, 0.1) is 13.7 Å². The molecule has 0 atom stereocenters. The van der Waals surface area contributed by atoms with E-state index in [9.17, 15) is 14.4 Å². The van der Waals surface area contributed by atoms with Gasteiger partial charge in [-0.3, -0.25) is 14.4 Å². The zero-order chi connectivity index (χ0) is 22.1. The lowest BCUT2D eigenvalue weighted by Gasteiger charge is -2.28. The van der Waals surface area contributed by atoms with Gasteiger partial charge in [0, 0.05) is 37.0 Å². The molecule has 0 bridgehead atoms. The van der Waals surface area contributed by atoms with Crippen molar-refractivity contribution < 1.29 is 19.1 Å². The molecular weight excluding hydrogens is 416 g/mol. The number of carbonyl (C=O) groups excluding carboxylic acids is 3. The number of methoxy groups -OCH3 is 1. The molecule has 0 unspecified atom stereocenters. The van der Waals surface area contributed by atoms with Gasteiger partial charge in [0.2, 0.25) is 17.7 Å². The minimum absolute atomic E-state index is 0.00769. The summed E-state index contributed by atoms with van der Waals surface area (Å²) in [6.45, 7) is 0.388. The molecule has 0 saturated heterocycles. The summed E-state index contributed by atoms with van der Waals surface area (Å²) in [5, 5.41) is 7.85. The van der Waals surface area contributed by atoms with Crippen LogP contribution in [0.5, 0.6) is 5.75 Å². The Morgan fingerprint density at radius 2 is 1.87 bits per heavy atom. The van der Waals surface area contributed by atoms with Gasteiger partial charge >= 0.3 is 0 Å². The average Bonchev–Trinajstić information content (AvgIpc) is 3.49. The second-order valence-electron chi connectivity index (χ2n) is 7.47. The maximum Gasteiger partial charge on any atom is 0.239 e. The Balaban J connectivity index is 1.50. The SMILES string of the molecule is COc1ccc(CNC(=O)CN(C(=O)CCC(=O)Nc2nccs2)C2CCCC2)cc1. The lowest BCUT2D eigenvalue weighted by molar-refractivity contribution is -0.139. The Morgan fingerprint density at radius 1 is 1.13 bits per heavy atom. The number of anilines is 1. The normalized spacial score (nSPS) is 13.6. The second-order valence-corrected chi connectivity index (χ2v) is 8.36. The fourth-order valence-corrected chi connectivity index (χ4v) is 4.17. The highest BCUT2D eigenvalue weighted by molar-refractivity contribution is 7.13. The lowest BCUT2D eigenvalue weighted by Crippen LogP contribution is -2.45. The summed E-state index contributed by atoms with van der Waals surface area (Å²) >= 11 is 1.33. The van der Waals surface area contributed by atoms with Crippen molar-refractivity contribution >= 4 is 34.2 Å². The number of aromatic nitrogens is 1. The number of nitrogens with one attached hydrogen (secondary N) is 2. The molecule has 1 heterocycles. The number of carbonyl (C=O) groups is 3. The third-order valence-corrected chi connectivity index (χ3v) is 5.98. The van der Waals surface area contributed by atoms with E-state index in [-0.39, 0.29) is 43.1 Å². The number of ether oxygens (including phenoxy) is 1. The predicted molar refractivity (Wildman–Crippen MR) is 119 cm³/mol. The Bertz CT molecular complexity index is 864. The summed E-state index contributed by atoms with van der Waals surface area (Å²) in [4.78, 5) is 43.1. The number of amides is 3. The van der Waals surface area contributed by atoms with E-state index < -0.39 is 0 Å². The van der Waals surface area contributed by atoms with Gasteiger partial charge in [-0.1, -0.05) is 25.0 Å². The van der Waals surface area contributed by atoms with Crippen LogP contribution in [-0.2, 0) is 20.9 Å². The van der Waals surface area contributed by atoms with Crippen LogP contribution in [0.4, 0.5) is 5.13 Å². The predicted octanol–water partition coefficient (Wildman–Crippen LogP) is 2.96. The van der Waals surface area contributed by atoms with Crippen LogP contribution in [0.15, 0.2) is 35.8 Å². The molecule has 8 nitrogen and oxygen atoms in total. The Hall–Kier alpha value is -2.94. The molecule has 1 aromatic heterocycles. The van der Waals surface area contributed by atoms with Crippen LogP contribution in [-0.4, -0.2) is 47.3 Å². The van der Waals surface area contributed by atoms with Crippen LogP contribution in [0.25, 0.3) is 0 Å². The first-order valence-electron chi connectivity index (χ1n) is 10.4. The van der Waals surface area contributed by atoms with Gasteiger partial charge in [-0.25, -0.2) is 4.98 Å². The molecule has 1 aliphatic rings. The summed E-state index contributed by atoms with van der Waals surface area (Å²) in [7, 11) is 1.61. The van der Waals surface area contributed by atoms with E-state index in [4.69, 9.17) is 4.74 Å². The Labute approximate surface area is 186 Å². The molecule has 1 fully saturated rings. The number of hydrogen-bond acceptors (Lipinski definition) is 6. The third kappa shape index (κ3) is 7.06. The molecule has 0 spiro atoms. The summed E-state index contributed by atoms with van der Waals surface area (Å²) in [5.41, 5.74) is 0.951. The van der Waals surface area contributed by atoms with E-state index in [0.717, 1.165) is 37.0 Å². The number of benzene rings is 1. The van der Waals surface area contributed by atoms with Crippen molar-refractivity contribution in [3.63, 3.8) is 0 Å². The number of rotatable bonds is 10. The number of hydrogen-bond donors (Lipinski definition) is 2. The first-order chi connectivity index (χ1) is 15.0. The molecular formula is C22H28N4O4S. The van der Waals surface area contributed by atoms with Crippen molar-refractivity contribution in [3.8, 4) is 5.75 Å². The standard InChI is InChI=1S/C22H28N4O4S/c1-30-18-8-6-16(7-9-18)14-24-20(28)15-26(17-4-2-3-5-17)21(29)11-10-19(27)25-22-23-12-13-31-22/h6-9,12-13,17H,2-5,10-11,14-15H2,1H3,(H,24,28)(H,23,25,27). The summed E-state index contributed by atoms with van der Waals surface area (Å²) in [6, 6.07) is 7.51. The van der Waals surface area contributed by atoms with Gasteiger partial charge in [0.25, 0.3) is 0 Å². The summed E-state index contributed by atoms with van der Waals surface area (Å²) in [5.74, 6) is 0.134. The van der Waals surface area contributed by atoms with Gasteiger partial charge in [-0.05, 0) is 30.5 Å². The summed E-state index contributed by atoms with van der Waals surface area (Å²) in [6.07, 6.45) is 5.62.